The first kappa shape index (κ1) is 16.4. The van der Waals surface area contributed by atoms with E-state index in [0.29, 0.717) is 25.1 Å². The van der Waals surface area contributed by atoms with Gasteiger partial charge < -0.3 is 19.7 Å². The van der Waals surface area contributed by atoms with Crippen molar-refractivity contribution in [3.63, 3.8) is 0 Å². The predicted molar refractivity (Wildman–Crippen MR) is 96.8 cm³/mol. The zero-order valence-corrected chi connectivity index (χ0v) is 14.6. The van der Waals surface area contributed by atoms with Crippen LogP contribution in [0.4, 0.5) is 5.69 Å². The molecule has 0 radical (unpaired) electrons. The molecular weight excluding hydrogens is 332 g/mol. The Morgan fingerprint density at radius 2 is 1.96 bits per heavy atom. The van der Waals surface area contributed by atoms with Gasteiger partial charge in [0.15, 0.2) is 11.5 Å². The first-order chi connectivity index (χ1) is 12.6. The molecule has 0 bridgehead atoms. The van der Waals surface area contributed by atoms with Crippen LogP contribution in [0.25, 0.3) is 0 Å². The lowest BCUT2D eigenvalue weighted by atomic mass is 10.1. The second-order valence-electron chi connectivity index (χ2n) is 6.46. The van der Waals surface area contributed by atoms with Gasteiger partial charge in [-0.05, 0) is 54.3 Å². The van der Waals surface area contributed by atoms with Crippen molar-refractivity contribution in [2.75, 3.05) is 24.8 Å². The number of rotatable bonds is 4. The van der Waals surface area contributed by atoms with Gasteiger partial charge in [0, 0.05) is 31.3 Å². The van der Waals surface area contributed by atoms with E-state index in [1.165, 1.54) is 0 Å². The highest BCUT2D eigenvalue weighted by Crippen LogP contribution is 2.32. The van der Waals surface area contributed by atoms with E-state index in [-0.39, 0.29) is 18.6 Å². The van der Waals surface area contributed by atoms with E-state index < -0.39 is 0 Å². The molecular formula is C20H20N2O4. The summed E-state index contributed by atoms with van der Waals surface area (Å²) in [7, 11) is 0. The van der Waals surface area contributed by atoms with Crippen LogP contribution in [0.15, 0.2) is 36.4 Å². The van der Waals surface area contributed by atoms with Crippen LogP contribution >= 0.6 is 0 Å². The van der Waals surface area contributed by atoms with Gasteiger partial charge in [-0.1, -0.05) is 6.07 Å². The predicted octanol–water partition coefficient (Wildman–Crippen LogP) is 2.30. The Kier molecular flexibility index (Phi) is 4.24. The van der Waals surface area contributed by atoms with E-state index in [9.17, 15) is 9.59 Å². The van der Waals surface area contributed by atoms with Crippen LogP contribution < -0.4 is 19.7 Å². The van der Waals surface area contributed by atoms with Crippen LogP contribution in [0.1, 0.15) is 28.4 Å². The molecule has 4 rings (SSSR count). The summed E-state index contributed by atoms with van der Waals surface area (Å²) >= 11 is 0. The Morgan fingerprint density at radius 1 is 1.12 bits per heavy atom. The Labute approximate surface area is 151 Å². The molecule has 0 saturated carbocycles. The lowest BCUT2D eigenvalue weighted by Crippen LogP contribution is -2.26. The summed E-state index contributed by atoms with van der Waals surface area (Å²) in [6.45, 7) is 3.04. The molecule has 26 heavy (non-hydrogen) atoms. The van der Waals surface area contributed by atoms with Crippen molar-refractivity contribution in [2.45, 2.75) is 19.8 Å². The number of carbonyl (C=O) groups is 2. The highest BCUT2D eigenvalue weighted by molar-refractivity contribution is 5.97. The minimum Gasteiger partial charge on any atom is -0.454 e. The van der Waals surface area contributed by atoms with Gasteiger partial charge >= 0.3 is 0 Å². The van der Waals surface area contributed by atoms with Gasteiger partial charge in [-0.15, -0.1) is 0 Å². The fourth-order valence-corrected chi connectivity index (χ4v) is 3.39. The molecule has 0 atom stereocenters. The van der Waals surface area contributed by atoms with Gasteiger partial charge in [0.1, 0.15) is 0 Å². The Morgan fingerprint density at radius 3 is 2.81 bits per heavy atom. The van der Waals surface area contributed by atoms with Crippen LogP contribution in [0.2, 0.25) is 0 Å². The molecule has 2 aromatic rings. The van der Waals surface area contributed by atoms with Crippen molar-refractivity contribution < 1.29 is 19.1 Å². The molecule has 134 valence electrons. The number of nitrogens with zero attached hydrogens (tertiary/aromatic N) is 1. The van der Waals surface area contributed by atoms with Gasteiger partial charge in [-0.3, -0.25) is 9.59 Å². The van der Waals surface area contributed by atoms with E-state index in [2.05, 4.69) is 5.32 Å². The van der Waals surface area contributed by atoms with Gasteiger partial charge in [0.2, 0.25) is 12.7 Å². The number of hydrogen-bond donors (Lipinski definition) is 1. The van der Waals surface area contributed by atoms with Crippen molar-refractivity contribution in [3.05, 3.63) is 53.1 Å². The van der Waals surface area contributed by atoms with Gasteiger partial charge in [-0.2, -0.15) is 0 Å². The number of carbonyl (C=O) groups excluding carboxylic acids is 2. The molecule has 1 N–H and O–H groups in total. The molecule has 0 aliphatic carbocycles. The number of hydrogen-bond acceptors (Lipinski definition) is 4. The molecule has 2 aliphatic rings. The number of amides is 2. The fourth-order valence-electron chi connectivity index (χ4n) is 3.39. The van der Waals surface area contributed by atoms with Crippen LogP contribution in [-0.2, 0) is 17.6 Å². The second-order valence-corrected chi connectivity index (χ2v) is 6.46. The third-order valence-corrected chi connectivity index (χ3v) is 4.75. The summed E-state index contributed by atoms with van der Waals surface area (Å²) in [6, 6.07) is 11.3. The molecule has 6 heteroatoms. The molecule has 6 nitrogen and oxygen atoms in total. The number of nitrogens with one attached hydrogen (secondary N) is 1. The normalized spacial score (nSPS) is 14.3. The SMILES string of the molecule is CC(=O)N1CCc2cc(C(=O)NCCc3ccc4c(c3)OCO4)ccc21. The van der Waals surface area contributed by atoms with E-state index >= 15 is 0 Å². The van der Waals surface area contributed by atoms with Crippen LogP contribution in [-0.4, -0.2) is 31.7 Å². The van der Waals surface area contributed by atoms with E-state index in [4.69, 9.17) is 9.47 Å². The van der Waals surface area contributed by atoms with Crippen molar-refractivity contribution in [1.29, 1.82) is 0 Å². The minimum atomic E-state index is -0.102. The average Bonchev–Trinajstić information content (AvgIpc) is 3.27. The molecule has 2 aliphatic heterocycles. The Bertz CT molecular complexity index is 878. The lowest BCUT2D eigenvalue weighted by molar-refractivity contribution is -0.116. The summed E-state index contributed by atoms with van der Waals surface area (Å²) in [6.07, 6.45) is 1.50. The number of ether oxygens (including phenoxy) is 2. The highest BCUT2D eigenvalue weighted by atomic mass is 16.7. The van der Waals surface area contributed by atoms with Crippen molar-refractivity contribution >= 4 is 17.5 Å². The van der Waals surface area contributed by atoms with Gasteiger partial charge in [0.05, 0.1) is 0 Å². The zero-order valence-electron chi connectivity index (χ0n) is 14.6. The van der Waals surface area contributed by atoms with Gasteiger partial charge in [0.25, 0.3) is 5.91 Å². The third-order valence-electron chi connectivity index (χ3n) is 4.75. The summed E-state index contributed by atoms with van der Waals surface area (Å²) in [5, 5.41) is 2.95. The molecule has 0 unspecified atom stereocenters. The van der Waals surface area contributed by atoms with Gasteiger partial charge in [-0.25, -0.2) is 0 Å². The molecule has 0 aromatic heterocycles. The monoisotopic (exact) mass is 352 g/mol. The molecule has 2 aromatic carbocycles. The number of benzene rings is 2. The summed E-state index contributed by atoms with van der Waals surface area (Å²) in [4.78, 5) is 25.8. The number of anilines is 1. The second kappa shape index (κ2) is 6.71. The first-order valence-corrected chi connectivity index (χ1v) is 8.69. The van der Waals surface area contributed by atoms with Crippen molar-refractivity contribution in [1.82, 2.24) is 5.32 Å². The van der Waals surface area contributed by atoms with E-state index in [0.717, 1.165) is 34.7 Å². The zero-order chi connectivity index (χ0) is 18.1. The maximum absolute atomic E-state index is 12.4. The Balaban J connectivity index is 1.36. The third kappa shape index (κ3) is 3.10. The molecule has 0 saturated heterocycles. The summed E-state index contributed by atoms with van der Waals surface area (Å²) < 4.78 is 10.7. The minimum absolute atomic E-state index is 0.0321. The molecule has 2 heterocycles. The largest absolute Gasteiger partial charge is 0.454 e. The lowest BCUT2D eigenvalue weighted by Gasteiger charge is -2.14. The molecule has 2 amide bonds. The standard InChI is InChI=1S/C20H20N2O4/c1-13(23)22-9-7-15-11-16(3-4-17(15)22)20(24)21-8-6-14-2-5-18-19(10-14)26-12-25-18/h2-5,10-11H,6-9,12H2,1H3,(H,21,24). The fraction of sp³-hybridized carbons (Fsp3) is 0.300. The summed E-state index contributed by atoms with van der Waals surface area (Å²) in [5.74, 6) is 1.44. The van der Waals surface area contributed by atoms with Crippen LogP contribution in [0.3, 0.4) is 0 Å². The van der Waals surface area contributed by atoms with Crippen molar-refractivity contribution in [3.8, 4) is 11.5 Å². The number of fused-ring (bicyclic) bond motifs is 2. The maximum atomic E-state index is 12.4. The van der Waals surface area contributed by atoms with E-state index in [1.807, 2.05) is 30.3 Å². The molecule has 0 spiro atoms. The smallest absolute Gasteiger partial charge is 0.251 e. The topological polar surface area (TPSA) is 67.9 Å². The van der Waals surface area contributed by atoms with Crippen LogP contribution in [0.5, 0.6) is 11.5 Å². The van der Waals surface area contributed by atoms with Crippen molar-refractivity contribution in [2.24, 2.45) is 0 Å². The average molecular weight is 352 g/mol. The van der Waals surface area contributed by atoms with E-state index in [1.54, 1.807) is 17.9 Å². The van der Waals surface area contributed by atoms with Crippen LogP contribution in [0, 0.1) is 0 Å². The quantitative estimate of drug-likeness (QED) is 0.917. The maximum Gasteiger partial charge on any atom is 0.251 e. The molecule has 0 fully saturated rings. The highest BCUT2D eigenvalue weighted by Gasteiger charge is 2.23. The Hall–Kier alpha value is -3.02. The summed E-state index contributed by atoms with van der Waals surface area (Å²) in [5.41, 5.74) is 3.67. The first-order valence-electron chi connectivity index (χ1n) is 8.69.